The fourth-order valence-electron chi connectivity index (χ4n) is 2.56. The molecule has 0 unspecified atom stereocenters. The summed E-state index contributed by atoms with van der Waals surface area (Å²) in [5, 5.41) is 3.44. The summed E-state index contributed by atoms with van der Waals surface area (Å²) in [7, 11) is 0. The van der Waals surface area contributed by atoms with E-state index in [1.54, 1.807) is 0 Å². The molecule has 1 aliphatic rings. The van der Waals surface area contributed by atoms with Crippen LogP contribution in [0, 0.1) is 0 Å². The molecular formula is C15H22BrNO. The van der Waals surface area contributed by atoms with Gasteiger partial charge >= 0.3 is 0 Å². The molecule has 1 saturated carbocycles. The van der Waals surface area contributed by atoms with Crippen LogP contribution in [0.25, 0.3) is 0 Å². The van der Waals surface area contributed by atoms with Crippen LogP contribution in [-0.4, -0.2) is 18.7 Å². The summed E-state index contributed by atoms with van der Waals surface area (Å²) >= 11 is 3.46. The first-order valence-corrected chi connectivity index (χ1v) is 7.62. The SMILES string of the molecule is CCNCC1(OCc2ccc(Br)cc2)CCCC1. The zero-order chi connectivity index (χ0) is 12.8. The molecule has 3 heteroatoms. The summed E-state index contributed by atoms with van der Waals surface area (Å²) in [5.41, 5.74) is 1.32. The number of ether oxygens (including phenoxy) is 1. The third-order valence-corrected chi connectivity index (χ3v) is 4.20. The highest BCUT2D eigenvalue weighted by atomic mass is 79.9. The second-order valence-electron chi connectivity index (χ2n) is 5.09. The Kier molecular flexibility index (Phi) is 5.22. The summed E-state index contributed by atoms with van der Waals surface area (Å²) in [4.78, 5) is 0. The van der Waals surface area contributed by atoms with Crippen molar-refractivity contribution in [2.24, 2.45) is 0 Å². The number of hydrogen-bond acceptors (Lipinski definition) is 2. The Hall–Kier alpha value is -0.380. The molecule has 2 nitrogen and oxygen atoms in total. The van der Waals surface area contributed by atoms with Crippen molar-refractivity contribution >= 4 is 15.9 Å². The number of nitrogens with one attached hydrogen (secondary N) is 1. The van der Waals surface area contributed by atoms with Crippen LogP contribution in [0.3, 0.4) is 0 Å². The molecule has 1 fully saturated rings. The molecule has 0 bridgehead atoms. The van der Waals surface area contributed by atoms with Gasteiger partial charge in [-0.25, -0.2) is 0 Å². The van der Waals surface area contributed by atoms with Crippen LogP contribution in [0.2, 0.25) is 0 Å². The maximum absolute atomic E-state index is 6.24. The zero-order valence-corrected chi connectivity index (χ0v) is 12.6. The number of hydrogen-bond donors (Lipinski definition) is 1. The van der Waals surface area contributed by atoms with Crippen LogP contribution in [0.15, 0.2) is 28.7 Å². The standard InChI is InChI=1S/C15H22BrNO/c1-2-17-12-15(9-3-4-10-15)18-11-13-5-7-14(16)8-6-13/h5-8,17H,2-4,9-12H2,1H3. The highest BCUT2D eigenvalue weighted by Gasteiger charge is 2.34. The highest BCUT2D eigenvalue weighted by molar-refractivity contribution is 9.10. The van der Waals surface area contributed by atoms with E-state index in [0.29, 0.717) is 0 Å². The Morgan fingerprint density at radius 1 is 1.22 bits per heavy atom. The van der Waals surface area contributed by atoms with Gasteiger partial charge in [0.1, 0.15) is 0 Å². The number of benzene rings is 1. The van der Waals surface area contributed by atoms with E-state index in [2.05, 4.69) is 52.4 Å². The van der Waals surface area contributed by atoms with Gasteiger partial charge in [0.15, 0.2) is 0 Å². The second kappa shape index (κ2) is 6.69. The number of rotatable bonds is 6. The van der Waals surface area contributed by atoms with E-state index < -0.39 is 0 Å². The van der Waals surface area contributed by atoms with Gasteiger partial charge in [0.05, 0.1) is 12.2 Å². The van der Waals surface area contributed by atoms with Crippen molar-refractivity contribution in [3.05, 3.63) is 34.3 Å². The molecule has 0 aliphatic heterocycles. The zero-order valence-electron chi connectivity index (χ0n) is 11.0. The van der Waals surface area contributed by atoms with Crippen LogP contribution in [0.4, 0.5) is 0 Å². The van der Waals surface area contributed by atoms with E-state index in [0.717, 1.165) is 24.2 Å². The molecule has 1 aromatic rings. The van der Waals surface area contributed by atoms with Crippen molar-refractivity contribution in [1.29, 1.82) is 0 Å². The average Bonchev–Trinajstić information content (AvgIpc) is 2.85. The molecular weight excluding hydrogens is 290 g/mol. The molecule has 0 spiro atoms. The van der Waals surface area contributed by atoms with Gasteiger partial charge in [-0.05, 0) is 37.1 Å². The average molecular weight is 312 g/mol. The Labute approximate surface area is 118 Å². The monoisotopic (exact) mass is 311 g/mol. The van der Waals surface area contributed by atoms with E-state index in [4.69, 9.17) is 4.74 Å². The van der Waals surface area contributed by atoms with Crippen LogP contribution in [0.5, 0.6) is 0 Å². The normalized spacial score (nSPS) is 18.1. The number of likely N-dealkylation sites (N-methyl/N-ethyl adjacent to an activating group) is 1. The van der Waals surface area contributed by atoms with E-state index in [1.165, 1.54) is 31.2 Å². The fourth-order valence-corrected chi connectivity index (χ4v) is 2.83. The van der Waals surface area contributed by atoms with E-state index >= 15 is 0 Å². The molecule has 18 heavy (non-hydrogen) atoms. The summed E-state index contributed by atoms with van der Waals surface area (Å²) in [5.74, 6) is 0. The molecule has 1 aromatic carbocycles. The smallest absolute Gasteiger partial charge is 0.0810 e. The lowest BCUT2D eigenvalue weighted by molar-refractivity contribution is -0.0501. The molecule has 0 heterocycles. The Bertz CT molecular complexity index is 357. The van der Waals surface area contributed by atoms with Gasteiger partial charge in [-0.15, -0.1) is 0 Å². The van der Waals surface area contributed by atoms with Crippen molar-refractivity contribution in [2.75, 3.05) is 13.1 Å². The maximum Gasteiger partial charge on any atom is 0.0810 e. The maximum atomic E-state index is 6.24. The third kappa shape index (κ3) is 3.81. The van der Waals surface area contributed by atoms with Crippen molar-refractivity contribution in [2.45, 2.75) is 44.8 Å². The van der Waals surface area contributed by atoms with Crippen molar-refractivity contribution < 1.29 is 4.74 Å². The van der Waals surface area contributed by atoms with Crippen molar-refractivity contribution in [3.8, 4) is 0 Å². The summed E-state index contributed by atoms with van der Waals surface area (Å²) in [6.07, 6.45) is 4.98. The Morgan fingerprint density at radius 3 is 2.50 bits per heavy atom. The largest absolute Gasteiger partial charge is 0.369 e. The first-order chi connectivity index (χ1) is 8.74. The fraction of sp³-hybridized carbons (Fsp3) is 0.600. The topological polar surface area (TPSA) is 21.3 Å². The Balaban J connectivity index is 1.91. The predicted molar refractivity (Wildman–Crippen MR) is 78.7 cm³/mol. The minimum absolute atomic E-state index is 0.0725. The third-order valence-electron chi connectivity index (χ3n) is 3.67. The van der Waals surface area contributed by atoms with Gasteiger partial charge in [-0.3, -0.25) is 0 Å². The highest BCUT2D eigenvalue weighted by Crippen LogP contribution is 2.33. The van der Waals surface area contributed by atoms with Gasteiger partial charge < -0.3 is 10.1 Å². The van der Waals surface area contributed by atoms with Crippen LogP contribution in [-0.2, 0) is 11.3 Å². The molecule has 1 N–H and O–H groups in total. The molecule has 0 aromatic heterocycles. The molecule has 0 radical (unpaired) electrons. The predicted octanol–water partition coefficient (Wildman–Crippen LogP) is 3.89. The lowest BCUT2D eigenvalue weighted by Crippen LogP contribution is -2.40. The lowest BCUT2D eigenvalue weighted by Gasteiger charge is -2.29. The van der Waals surface area contributed by atoms with E-state index in [9.17, 15) is 0 Å². The molecule has 2 rings (SSSR count). The summed E-state index contributed by atoms with van der Waals surface area (Å²) in [6.45, 7) is 4.87. The minimum atomic E-state index is 0.0725. The Morgan fingerprint density at radius 2 is 1.89 bits per heavy atom. The van der Waals surface area contributed by atoms with Gasteiger partial charge in [-0.1, -0.05) is 47.8 Å². The van der Waals surface area contributed by atoms with E-state index in [-0.39, 0.29) is 5.60 Å². The van der Waals surface area contributed by atoms with Gasteiger partial charge in [0.2, 0.25) is 0 Å². The van der Waals surface area contributed by atoms with Crippen molar-refractivity contribution in [3.63, 3.8) is 0 Å². The van der Waals surface area contributed by atoms with Crippen LogP contribution >= 0.6 is 15.9 Å². The minimum Gasteiger partial charge on any atom is -0.369 e. The molecule has 0 amide bonds. The number of halogens is 1. The molecule has 0 atom stereocenters. The van der Waals surface area contributed by atoms with Gasteiger partial charge in [0.25, 0.3) is 0 Å². The van der Waals surface area contributed by atoms with Crippen LogP contribution < -0.4 is 5.32 Å². The van der Waals surface area contributed by atoms with Crippen LogP contribution in [0.1, 0.15) is 38.2 Å². The van der Waals surface area contributed by atoms with E-state index in [1.807, 2.05) is 0 Å². The quantitative estimate of drug-likeness (QED) is 0.860. The first kappa shape index (κ1) is 14.0. The molecule has 100 valence electrons. The summed E-state index contributed by atoms with van der Waals surface area (Å²) in [6, 6.07) is 8.40. The summed E-state index contributed by atoms with van der Waals surface area (Å²) < 4.78 is 7.36. The van der Waals surface area contributed by atoms with Gasteiger partial charge in [0, 0.05) is 11.0 Å². The molecule has 1 aliphatic carbocycles. The van der Waals surface area contributed by atoms with Crippen molar-refractivity contribution in [1.82, 2.24) is 5.32 Å². The first-order valence-electron chi connectivity index (χ1n) is 6.83. The molecule has 0 saturated heterocycles. The second-order valence-corrected chi connectivity index (χ2v) is 6.00. The van der Waals surface area contributed by atoms with Gasteiger partial charge in [-0.2, -0.15) is 0 Å². The lowest BCUT2D eigenvalue weighted by atomic mass is 10.0.